The molecule has 0 radical (unpaired) electrons. The smallest absolute Gasteiger partial charge is 0.244 e. The van der Waals surface area contributed by atoms with E-state index in [-0.39, 0.29) is 11.9 Å². The molecule has 1 saturated carbocycles. The summed E-state index contributed by atoms with van der Waals surface area (Å²) < 4.78 is 0. The Bertz CT molecular complexity index is 744. The molecule has 0 spiro atoms. The lowest BCUT2D eigenvalue weighted by Crippen LogP contribution is -2.34. The molecule has 0 atom stereocenters. The fourth-order valence-electron chi connectivity index (χ4n) is 3.63. The third kappa shape index (κ3) is 5.22. The molecule has 3 nitrogen and oxygen atoms in total. The minimum Gasteiger partial charge on any atom is -0.399 e. The molecule has 0 unspecified atom stereocenters. The normalized spacial score (nSPS) is 16.5. The topological polar surface area (TPSA) is 55.1 Å². The van der Waals surface area contributed by atoms with Gasteiger partial charge in [-0.3, -0.25) is 4.79 Å². The summed E-state index contributed by atoms with van der Waals surface area (Å²) in [6.45, 7) is 0. The van der Waals surface area contributed by atoms with Gasteiger partial charge in [-0.25, -0.2) is 0 Å². The molecule has 3 N–H and O–H groups in total. The standard InChI is InChI=1S/C23H28N2O/c24-20-13-9-12-19(16-20)22(18-10-5-4-6-11-18)17-23(26)25-21-14-7-2-1-3-8-15-21/h4-6,9-13,16-17,21H,1-3,7-8,14-15,24H2,(H,25,26)/b22-17-. The largest absolute Gasteiger partial charge is 0.399 e. The van der Waals surface area contributed by atoms with Crippen LogP contribution in [0, 0.1) is 0 Å². The van der Waals surface area contributed by atoms with Crippen LogP contribution in [-0.4, -0.2) is 11.9 Å². The number of benzene rings is 2. The summed E-state index contributed by atoms with van der Waals surface area (Å²) in [6, 6.07) is 18.0. The third-order valence-corrected chi connectivity index (χ3v) is 5.01. The zero-order chi connectivity index (χ0) is 18.2. The Labute approximate surface area is 156 Å². The van der Waals surface area contributed by atoms with E-state index in [2.05, 4.69) is 5.32 Å². The van der Waals surface area contributed by atoms with Gasteiger partial charge in [-0.15, -0.1) is 0 Å². The average molecular weight is 348 g/mol. The van der Waals surface area contributed by atoms with Crippen LogP contribution in [0.3, 0.4) is 0 Å². The number of amides is 1. The van der Waals surface area contributed by atoms with Gasteiger partial charge in [0.1, 0.15) is 0 Å². The summed E-state index contributed by atoms with van der Waals surface area (Å²) in [5, 5.41) is 3.22. The van der Waals surface area contributed by atoms with Crippen molar-refractivity contribution in [3.05, 3.63) is 71.8 Å². The predicted molar refractivity (Wildman–Crippen MR) is 109 cm³/mol. The molecule has 3 rings (SSSR count). The van der Waals surface area contributed by atoms with Crippen molar-refractivity contribution in [2.24, 2.45) is 0 Å². The second kappa shape index (κ2) is 9.23. The molecule has 0 aliphatic heterocycles. The van der Waals surface area contributed by atoms with Crippen LogP contribution in [0.2, 0.25) is 0 Å². The molecule has 26 heavy (non-hydrogen) atoms. The Kier molecular flexibility index (Phi) is 6.48. The number of nitrogens with one attached hydrogen (secondary N) is 1. The van der Waals surface area contributed by atoms with Crippen LogP contribution in [0.1, 0.15) is 56.1 Å². The number of hydrogen-bond acceptors (Lipinski definition) is 2. The van der Waals surface area contributed by atoms with E-state index in [4.69, 9.17) is 5.73 Å². The molecule has 2 aromatic rings. The highest BCUT2D eigenvalue weighted by atomic mass is 16.1. The van der Waals surface area contributed by atoms with Crippen LogP contribution in [0.15, 0.2) is 60.7 Å². The van der Waals surface area contributed by atoms with Crippen molar-refractivity contribution in [2.75, 3.05) is 5.73 Å². The van der Waals surface area contributed by atoms with Crippen LogP contribution >= 0.6 is 0 Å². The van der Waals surface area contributed by atoms with Gasteiger partial charge in [-0.2, -0.15) is 0 Å². The van der Waals surface area contributed by atoms with E-state index in [1.165, 1.54) is 32.1 Å². The molecule has 3 heteroatoms. The van der Waals surface area contributed by atoms with E-state index in [0.717, 1.165) is 29.5 Å². The summed E-state index contributed by atoms with van der Waals surface area (Å²) >= 11 is 0. The number of hydrogen-bond donors (Lipinski definition) is 2. The number of anilines is 1. The van der Waals surface area contributed by atoms with Gasteiger partial charge in [-0.05, 0) is 41.7 Å². The van der Waals surface area contributed by atoms with E-state index in [1.54, 1.807) is 6.08 Å². The summed E-state index contributed by atoms with van der Waals surface area (Å²) in [7, 11) is 0. The molecule has 1 amide bonds. The summed E-state index contributed by atoms with van der Waals surface area (Å²) in [6.07, 6.45) is 10.2. The third-order valence-electron chi connectivity index (χ3n) is 5.01. The Morgan fingerprint density at radius 3 is 2.23 bits per heavy atom. The van der Waals surface area contributed by atoms with Crippen molar-refractivity contribution < 1.29 is 4.79 Å². The lowest BCUT2D eigenvalue weighted by molar-refractivity contribution is -0.117. The summed E-state index contributed by atoms with van der Waals surface area (Å²) in [4.78, 5) is 12.7. The molecular formula is C23H28N2O. The Hall–Kier alpha value is -2.55. The van der Waals surface area contributed by atoms with Crippen molar-refractivity contribution in [2.45, 2.75) is 51.0 Å². The molecule has 1 aliphatic carbocycles. The van der Waals surface area contributed by atoms with E-state index in [0.29, 0.717) is 5.69 Å². The Morgan fingerprint density at radius 1 is 0.885 bits per heavy atom. The zero-order valence-electron chi connectivity index (χ0n) is 15.3. The van der Waals surface area contributed by atoms with Crippen LogP contribution in [0.4, 0.5) is 5.69 Å². The maximum absolute atomic E-state index is 12.7. The number of carbonyl (C=O) groups is 1. The summed E-state index contributed by atoms with van der Waals surface area (Å²) in [5.74, 6) is -0.0168. The van der Waals surface area contributed by atoms with Gasteiger partial charge < -0.3 is 11.1 Å². The average Bonchev–Trinajstić information content (AvgIpc) is 2.62. The van der Waals surface area contributed by atoms with Gasteiger partial charge >= 0.3 is 0 Å². The van der Waals surface area contributed by atoms with Gasteiger partial charge in [0.15, 0.2) is 0 Å². The van der Waals surface area contributed by atoms with E-state index >= 15 is 0 Å². The maximum atomic E-state index is 12.7. The number of nitrogen functional groups attached to an aromatic ring is 1. The van der Waals surface area contributed by atoms with Gasteiger partial charge in [-0.1, -0.05) is 74.6 Å². The Balaban J connectivity index is 1.82. The first kappa shape index (κ1) is 18.2. The van der Waals surface area contributed by atoms with Crippen LogP contribution in [-0.2, 0) is 4.79 Å². The molecule has 1 aliphatic rings. The fourth-order valence-corrected chi connectivity index (χ4v) is 3.63. The van der Waals surface area contributed by atoms with Gasteiger partial charge in [0.25, 0.3) is 0 Å². The number of rotatable bonds is 4. The number of nitrogens with two attached hydrogens (primary N) is 1. The maximum Gasteiger partial charge on any atom is 0.244 e. The molecule has 0 bridgehead atoms. The first-order valence-electron chi connectivity index (χ1n) is 9.66. The van der Waals surface area contributed by atoms with E-state index in [1.807, 2.05) is 54.6 Å². The Morgan fingerprint density at radius 2 is 1.54 bits per heavy atom. The van der Waals surface area contributed by atoms with Crippen molar-refractivity contribution in [1.82, 2.24) is 5.32 Å². The van der Waals surface area contributed by atoms with Crippen molar-refractivity contribution >= 4 is 17.2 Å². The molecular weight excluding hydrogens is 320 g/mol. The molecule has 1 fully saturated rings. The van der Waals surface area contributed by atoms with Gasteiger partial charge in [0.2, 0.25) is 5.91 Å². The van der Waals surface area contributed by atoms with Crippen LogP contribution in [0.25, 0.3) is 5.57 Å². The molecule has 0 saturated heterocycles. The van der Waals surface area contributed by atoms with Crippen molar-refractivity contribution in [3.8, 4) is 0 Å². The molecule has 0 aromatic heterocycles. The second-order valence-electron chi connectivity index (χ2n) is 7.10. The zero-order valence-corrected chi connectivity index (χ0v) is 15.3. The highest BCUT2D eigenvalue weighted by Gasteiger charge is 2.14. The highest BCUT2D eigenvalue weighted by molar-refractivity contribution is 5.99. The van der Waals surface area contributed by atoms with E-state index < -0.39 is 0 Å². The second-order valence-corrected chi connectivity index (χ2v) is 7.10. The SMILES string of the molecule is Nc1cccc(/C(=C\C(=O)NC2CCCCCCC2)c2ccccc2)c1. The lowest BCUT2D eigenvalue weighted by Gasteiger charge is -2.20. The molecule has 2 aromatic carbocycles. The molecule has 136 valence electrons. The first-order chi connectivity index (χ1) is 12.7. The quantitative estimate of drug-likeness (QED) is 0.608. The van der Waals surface area contributed by atoms with E-state index in [9.17, 15) is 4.79 Å². The highest BCUT2D eigenvalue weighted by Crippen LogP contribution is 2.25. The first-order valence-corrected chi connectivity index (χ1v) is 9.66. The minimum absolute atomic E-state index is 0.0168. The van der Waals surface area contributed by atoms with Gasteiger partial charge in [0, 0.05) is 17.8 Å². The minimum atomic E-state index is -0.0168. The van der Waals surface area contributed by atoms with Gasteiger partial charge in [0.05, 0.1) is 0 Å². The summed E-state index contributed by atoms with van der Waals surface area (Å²) in [5.41, 5.74) is 9.54. The van der Waals surface area contributed by atoms with Crippen molar-refractivity contribution in [1.29, 1.82) is 0 Å². The monoisotopic (exact) mass is 348 g/mol. The fraction of sp³-hybridized carbons (Fsp3) is 0.348. The van der Waals surface area contributed by atoms with Crippen LogP contribution < -0.4 is 11.1 Å². The van der Waals surface area contributed by atoms with Crippen molar-refractivity contribution in [3.63, 3.8) is 0 Å². The predicted octanol–water partition coefficient (Wildman–Crippen LogP) is 4.93. The molecule has 0 heterocycles. The van der Waals surface area contributed by atoms with Crippen LogP contribution in [0.5, 0.6) is 0 Å². The number of carbonyl (C=O) groups excluding carboxylic acids is 1. The lowest BCUT2D eigenvalue weighted by atomic mass is 9.95.